The SMILES string of the molecule is CC(C)C1(C(=O)NCCCCCO)CCCC1C. The first kappa shape index (κ1) is 15.5. The second-order valence-corrected chi connectivity index (χ2v) is 6.03. The Morgan fingerprint density at radius 2 is 2.11 bits per heavy atom. The van der Waals surface area contributed by atoms with Crippen molar-refractivity contribution < 1.29 is 9.90 Å². The van der Waals surface area contributed by atoms with E-state index < -0.39 is 0 Å². The third-order valence-electron chi connectivity index (χ3n) is 4.68. The van der Waals surface area contributed by atoms with Gasteiger partial charge in [-0.2, -0.15) is 0 Å². The fourth-order valence-corrected chi connectivity index (χ4v) is 3.44. The number of nitrogens with one attached hydrogen (secondary N) is 1. The van der Waals surface area contributed by atoms with Crippen molar-refractivity contribution in [3.05, 3.63) is 0 Å². The summed E-state index contributed by atoms with van der Waals surface area (Å²) in [4.78, 5) is 12.5. The third kappa shape index (κ3) is 3.25. The van der Waals surface area contributed by atoms with Gasteiger partial charge in [0.05, 0.1) is 5.41 Å². The van der Waals surface area contributed by atoms with E-state index in [0.29, 0.717) is 11.8 Å². The first-order valence-electron chi connectivity index (χ1n) is 7.45. The van der Waals surface area contributed by atoms with Gasteiger partial charge in [0.2, 0.25) is 5.91 Å². The van der Waals surface area contributed by atoms with Gasteiger partial charge in [-0.25, -0.2) is 0 Å². The number of carbonyl (C=O) groups is 1. The Morgan fingerprint density at radius 1 is 1.39 bits per heavy atom. The topological polar surface area (TPSA) is 49.3 Å². The predicted octanol–water partition coefficient (Wildman–Crippen LogP) is 2.73. The molecule has 1 rings (SSSR count). The van der Waals surface area contributed by atoms with Gasteiger partial charge in [-0.3, -0.25) is 4.79 Å². The maximum Gasteiger partial charge on any atom is 0.226 e. The van der Waals surface area contributed by atoms with E-state index in [1.807, 2.05) is 0 Å². The lowest BCUT2D eigenvalue weighted by atomic mass is 9.69. The number of amides is 1. The van der Waals surface area contributed by atoms with Crippen LogP contribution in [-0.4, -0.2) is 24.2 Å². The average Bonchev–Trinajstić information content (AvgIpc) is 2.71. The Hall–Kier alpha value is -0.570. The van der Waals surface area contributed by atoms with Crippen LogP contribution in [0.3, 0.4) is 0 Å². The van der Waals surface area contributed by atoms with Crippen LogP contribution in [0.25, 0.3) is 0 Å². The van der Waals surface area contributed by atoms with E-state index in [1.165, 1.54) is 12.8 Å². The van der Waals surface area contributed by atoms with Gasteiger partial charge in [0, 0.05) is 13.2 Å². The second-order valence-electron chi connectivity index (χ2n) is 6.03. The van der Waals surface area contributed by atoms with Crippen molar-refractivity contribution in [1.29, 1.82) is 0 Å². The molecule has 1 amide bonds. The normalized spacial score (nSPS) is 27.7. The third-order valence-corrected chi connectivity index (χ3v) is 4.68. The molecule has 2 atom stereocenters. The standard InChI is InChI=1S/C15H29NO2/c1-12(2)15(9-7-8-13(15)3)14(18)16-10-5-4-6-11-17/h12-13,17H,4-11H2,1-3H3,(H,16,18). The average molecular weight is 255 g/mol. The van der Waals surface area contributed by atoms with E-state index in [9.17, 15) is 4.79 Å². The minimum atomic E-state index is -0.142. The number of carbonyl (C=O) groups excluding carboxylic acids is 1. The molecule has 1 saturated carbocycles. The predicted molar refractivity (Wildman–Crippen MR) is 74.2 cm³/mol. The van der Waals surface area contributed by atoms with Gasteiger partial charge in [-0.1, -0.05) is 27.2 Å². The van der Waals surface area contributed by atoms with Crippen LogP contribution < -0.4 is 5.32 Å². The van der Waals surface area contributed by atoms with Gasteiger partial charge in [0.25, 0.3) is 0 Å². The van der Waals surface area contributed by atoms with Crippen molar-refractivity contribution in [1.82, 2.24) is 5.32 Å². The molecule has 0 saturated heterocycles. The van der Waals surface area contributed by atoms with Crippen molar-refractivity contribution in [3.8, 4) is 0 Å². The molecule has 1 fully saturated rings. The van der Waals surface area contributed by atoms with Gasteiger partial charge >= 0.3 is 0 Å². The highest BCUT2D eigenvalue weighted by Gasteiger charge is 2.48. The zero-order valence-corrected chi connectivity index (χ0v) is 12.2. The number of hydrogen-bond acceptors (Lipinski definition) is 2. The molecule has 0 bridgehead atoms. The Bertz CT molecular complexity index is 265. The Morgan fingerprint density at radius 3 is 2.61 bits per heavy atom. The molecule has 0 radical (unpaired) electrons. The number of hydrogen-bond donors (Lipinski definition) is 2. The maximum atomic E-state index is 12.5. The summed E-state index contributed by atoms with van der Waals surface area (Å²) < 4.78 is 0. The molecule has 2 N–H and O–H groups in total. The number of unbranched alkanes of at least 4 members (excludes halogenated alkanes) is 2. The first-order chi connectivity index (χ1) is 8.55. The molecule has 0 aromatic carbocycles. The summed E-state index contributed by atoms with van der Waals surface area (Å²) in [7, 11) is 0. The summed E-state index contributed by atoms with van der Waals surface area (Å²) >= 11 is 0. The maximum absolute atomic E-state index is 12.5. The van der Waals surface area contributed by atoms with Crippen molar-refractivity contribution in [2.45, 2.75) is 59.3 Å². The zero-order valence-electron chi connectivity index (χ0n) is 12.2. The van der Waals surface area contributed by atoms with E-state index in [2.05, 4.69) is 26.1 Å². The smallest absolute Gasteiger partial charge is 0.226 e. The van der Waals surface area contributed by atoms with Gasteiger partial charge < -0.3 is 10.4 Å². The lowest BCUT2D eigenvalue weighted by Gasteiger charge is -2.36. The molecule has 1 aliphatic carbocycles. The summed E-state index contributed by atoms with van der Waals surface area (Å²) in [6.07, 6.45) is 6.18. The minimum absolute atomic E-state index is 0.142. The highest BCUT2D eigenvalue weighted by atomic mass is 16.2. The summed E-state index contributed by atoms with van der Waals surface area (Å²) in [5, 5.41) is 11.8. The highest BCUT2D eigenvalue weighted by molar-refractivity contribution is 5.83. The quantitative estimate of drug-likeness (QED) is 0.687. The molecular weight excluding hydrogens is 226 g/mol. The van der Waals surface area contributed by atoms with Crippen molar-refractivity contribution >= 4 is 5.91 Å². The van der Waals surface area contributed by atoms with Crippen molar-refractivity contribution in [3.63, 3.8) is 0 Å². The Kier molecular flexibility index (Phi) is 6.13. The van der Waals surface area contributed by atoms with Gasteiger partial charge in [-0.15, -0.1) is 0 Å². The van der Waals surface area contributed by atoms with E-state index in [0.717, 1.165) is 32.2 Å². The number of aliphatic hydroxyl groups is 1. The summed E-state index contributed by atoms with van der Waals surface area (Å²) in [6, 6.07) is 0. The Labute approximate surface area is 111 Å². The van der Waals surface area contributed by atoms with Crippen molar-refractivity contribution in [2.24, 2.45) is 17.3 Å². The van der Waals surface area contributed by atoms with Crippen LogP contribution in [-0.2, 0) is 4.79 Å². The Balaban J connectivity index is 2.47. The van der Waals surface area contributed by atoms with E-state index in [-0.39, 0.29) is 17.9 Å². The fourth-order valence-electron chi connectivity index (χ4n) is 3.44. The molecule has 3 heteroatoms. The fraction of sp³-hybridized carbons (Fsp3) is 0.933. The van der Waals surface area contributed by atoms with Crippen LogP contribution in [0, 0.1) is 17.3 Å². The minimum Gasteiger partial charge on any atom is -0.396 e. The molecule has 0 aromatic heterocycles. The molecule has 2 unspecified atom stereocenters. The van der Waals surface area contributed by atoms with Crippen LogP contribution in [0.1, 0.15) is 59.3 Å². The van der Waals surface area contributed by atoms with Crippen LogP contribution in [0.15, 0.2) is 0 Å². The monoisotopic (exact) mass is 255 g/mol. The molecule has 1 aliphatic rings. The van der Waals surface area contributed by atoms with Crippen LogP contribution in [0.2, 0.25) is 0 Å². The van der Waals surface area contributed by atoms with Crippen LogP contribution in [0.5, 0.6) is 0 Å². The van der Waals surface area contributed by atoms with Crippen LogP contribution >= 0.6 is 0 Å². The molecule has 3 nitrogen and oxygen atoms in total. The molecule has 0 aliphatic heterocycles. The summed E-state index contributed by atoms with van der Waals surface area (Å²) in [5.41, 5.74) is -0.142. The molecule has 0 heterocycles. The summed E-state index contributed by atoms with van der Waals surface area (Å²) in [5.74, 6) is 1.16. The molecule has 0 aromatic rings. The lowest BCUT2D eigenvalue weighted by molar-refractivity contribution is -0.135. The molecule has 0 spiro atoms. The van der Waals surface area contributed by atoms with Crippen LogP contribution in [0.4, 0.5) is 0 Å². The van der Waals surface area contributed by atoms with E-state index in [1.54, 1.807) is 0 Å². The van der Waals surface area contributed by atoms with Gasteiger partial charge in [0.15, 0.2) is 0 Å². The number of rotatable bonds is 7. The largest absolute Gasteiger partial charge is 0.396 e. The van der Waals surface area contributed by atoms with Gasteiger partial charge in [-0.05, 0) is 43.9 Å². The number of aliphatic hydroxyl groups excluding tert-OH is 1. The van der Waals surface area contributed by atoms with Crippen molar-refractivity contribution in [2.75, 3.05) is 13.2 Å². The lowest BCUT2D eigenvalue weighted by Crippen LogP contribution is -2.46. The first-order valence-corrected chi connectivity index (χ1v) is 7.45. The van der Waals surface area contributed by atoms with E-state index >= 15 is 0 Å². The van der Waals surface area contributed by atoms with E-state index in [4.69, 9.17) is 5.11 Å². The second kappa shape index (κ2) is 7.13. The highest BCUT2D eigenvalue weighted by Crippen LogP contribution is 2.48. The summed E-state index contributed by atoms with van der Waals surface area (Å²) in [6.45, 7) is 7.57. The van der Waals surface area contributed by atoms with Gasteiger partial charge in [0.1, 0.15) is 0 Å². The molecular formula is C15H29NO2. The molecule has 106 valence electrons. The molecule has 18 heavy (non-hydrogen) atoms. The zero-order chi connectivity index (χ0) is 13.6.